The zero-order chi connectivity index (χ0) is 18.5. The van der Waals surface area contributed by atoms with E-state index in [2.05, 4.69) is 10.3 Å². The van der Waals surface area contributed by atoms with E-state index in [4.69, 9.17) is 14.2 Å². The van der Waals surface area contributed by atoms with Crippen LogP contribution in [0.3, 0.4) is 0 Å². The van der Waals surface area contributed by atoms with E-state index >= 15 is 0 Å². The Morgan fingerprint density at radius 1 is 1.00 bits per heavy atom. The van der Waals surface area contributed by atoms with Crippen molar-refractivity contribution in [3.63, 3.8) is 0 Å². The number of aliphatic imine (C=N–C) groups is 1. The number of para-hydroxylation sites is 1. The standard InChI is InChI=1S/C19H18N2O4S/c1-23-13-8-9-14(16(11-13)25-3)20-19-21-18(22)17(26-19)10-12-6-4-5-7-15(12)24-2/h4-11H,1-3H3,(H,20,21,22)/b17-10-. The Kier molecular flexibility index (Phi) is 5.48. The summed E-state index contributed by atoms with van der Waals surface area (Å²) < 4.78 is 15.8. The summed E-state index contributed by atoms with van der Waals surface area (Å²) in [5, 5.41) is 3.25. The maximum absolute atomic E-state index is 12.3. The van der Waals surface area contributed by atoms with Crippen LogP contribution in [-0.2, 0) is 4.79 Å². The van der Waals surface area contributed by atoms with E-state index in [1.165, 1.54) is 11.8 Å². The molecule has 2 aromatic rings. The molecule has 2 aromatic carbocycles. The van der Waals surface area contributed by atoms with Gasteiger partial charge in [0.15, 0.2) is 5.17 Å². The molecule has 1 aliphatic heterocycles. The number of thioether (sulfide) groups is 1. The van der Waals surface area contributed by atoms with Crippen LogP contribution < -0.4 is 19.5 Å². The molecular weight excluding hydrogens is 352 g/mol. The number of nitrogens with one attached hydrogen (secondary N) is 1. The third kappa shape index (κ3) is 3.83. The molecule has 0 aliphatic carbocycles. The number of amides is 1. The first-order valence-corrected chi connectivity index (χ1v) is 8.61. The summed E-state index contributed by atoms with van der Waals surface area (Å²) in [4.78, 5) is 17.3. The van der Waals surface area contributed by atoms with Crippen molar-refractivity contribution in [3.8, 4) is 17.2 Å². The Balaban J connectivity index is 1.88. The zero-order valence-electron chi connectivity index (χ0n) is 14.6. The molecule has 1 saturated heterocycles. The molecule has 0 bridgehead atoms. The highest BCUT2D eigenvalue weighted by Crippen LogP contribution is 2.35. The highest BCUT2D eigenvalue weighted by molar-refractivity contribution is 8.18. The van der Waals surface area contributed by atoms with Gasteiger partial charge in [0.25, 0.3) is 5.91 Å². The minimum atomic E-state index is -0.202. The molecule has 0 radical (unpaired) electrons. The van der Waals surface area contributed by atoms with Crippen molar-refractivity contribution in [2.75, 3.05) is 21.3 Å². The lowest BCUT2D eigenvalue weighted by atomic mass is 10.2. The molecule has 0 unspecified atom stereocenters. The fraction of sp³-hybridized carbons (Fsp3) is 0.158. The van der Waals surface area contributed by atoms with Crippen LogP contribution in [0.2, 0.25) is 0 Å². The fourth-order valence-corrected chi connectivity index (χ4v) is 3.22. The van der Waals surface area contributed by atoms with E-state index in [1.807, 2.05) is 24.3 Å². The van der Waals surface area contributed by atoms with Gasteiger partial charge in [-0.2, -0.15) is 0 Å². The topological polar surface area (TPSA) is 69.2 Å². The van der Waals surface area contributed by atoms with Crippen LogP contribution in [0.15, 0.2) is 52.4 Å². The summed E-state index contributed by atoms with van der Waals surface area (Å²) in [5.41, 5.74) is 1.44. The minimum Gasteiger partial charge on any atom is -0.497 e. The van der Waals surface area contributed by atoms with Crippen LogP contribution in [-0.4, -0.2) is 32.4 Å². The van der Waals surface area contributed by atoms with Crippen LogP contribution in [0.4, 0.5) is 5.69 Å². The molecule has 0 atom stereocenters. The van der Waals surface area contributed by atoms with Crippen molar-refractivity contribution in [2.24, 2.45) is 4.99 Å². The summed E-state index contributed by atoms with van der Waals surface area (Å²) in [6.45, 7) is 0. The Bertz CT molecular complexity index is 893. The number of methoxy groups -OCH3 is 3. The van der Waals surface area contributed by atoms with Gasteiger partial charge in [0.05, 0.1) is 26.2 Å². The molecule has 3 rings (SSSR count). The number of ether oxygens (including phenoxy) is 3. The Morgan fingerprint density at radius 2 is 1.77 bits per heavy atom. The molecule has 0 saturated carbocycles. The van der Waals surface area contributed by atoms with E-state index < -0.39 is 0 Å². The lowest BCUT2D eigenvalue weighted by Crippen LogP contribution is -2.19. The maximum Gasteiger partial charge on any atom is 0.264 e. The molecule has 134 valence electrons. The summed E-state index contributed by atoms with van der Waals surface area (Å²) in [5.74, 6) is 1.74. The first kappa shape index (κ1) is 17.9. The van der Waals surface area contributed by atoms with Gasteiger partial charge >= 0.3 is 0 Å². The average Bonchev–Trinajstić information content (AvgIpc) is 3.01. The number of rotatable bonds is 5. The van der Waals surface area contributed by atoms with Gasteiger partial charge in [0.2, 0.25) is 0 Å². The molecule has 7 heteroatoms. The van der Waals surface area contributed by atoms with E-state index in [1.54, 1.807) is 45.6 Å². The van der Waals surface area contributed by atoms with Crippen LogP contribution in [0, 0.1) is 0 Å². The van der Waals surface area contributed by atoms with Crippen molar-refractivity contribution in [2.45, 2.75) is 0 Å². The molecule has 1 amide bonds. The molecular formula is C19H18N2O4S. The lowest BCUT2D eigenvalue weighted by Gasteiger charge is -2.07. The van der Waals surface area contributed by atoms with Gasteiger partial charge < -0.3 is 19.5 Å². The molecule has 0 spiro atoms. The number of carbonyl (C=O) groups is 1. The highest BCUT2D eigenvalue weighted by Gasteiger charge is 2.24. The largest absolute Gasteiger partial charge is 0.497 e. The molecule has 1 aliphatic rings. The number of amidine groups is 1. The van der Waals surface area contributed by atoms with Crippen LogP contribution in [0.1, 0.15) is 5.56 Å². The van der Waals surface area contributed by atoms with E-state index in [-0.39, 0.29) is 5.91 Å². The molecule has 6 nitrogen and oxygen atoms in total. The van der Waals surface area contributed by atoms with Crippen molar-refractivity contribution in [1.29, 1.82) is 0 Å². The zero-order valence-corrected chi connectivity index (χ0v) is 15.4. The predicted octanol–water partition coefficient (Wildman–Crippen LogP) is 3.60. The van der Waals surface area contributed by atoms with Gasteiger partial charge in [-0.25, -0.2) is 4.99 Å². The fourth-order valence-electron chi connectivity index (χ4n) is 2.39. The third-order valence-electron chi connectivity index (χ3n) is 3.69. The number of nitrogens with zero attached hydrogens (tertiary/aromatic N) is 1. The monoisotopic (exact) mass is 370 g/mol. The van der Waals surface area contributed by atoms with Gasteiger partial charge in [0, 0.05) is 11.6 Å². The second-order valence-electron chi connectivity index (χ2n) is 5.26. The Hall–Kier alpha value is -2.93. The van der Waals surface area contributed by atoms with Gasteiger partial charge in [-0.05, 0) is 36.0 Å². The van der Waals surface area contributed by atoms with Gasteiger partial charge in [0.1, 0.15) is 22.9 Å². The minimum absolute atomic E-state index is 0.202. The SMILES string of the molecule is COc1ccc(N=C2NC(=O)/C(=C/c3ccccc3OC)S2)c(OC)c1. The maximum atomic E-state index is 12.3. The predicted molar refractivity (Wildman–Crippen MR) is 103 cm³/mol. The highest BCUT2D eigenvalue weighted by atomic mass is 32.2. The molecule has 1 heterocycles. The smallest absolute Gasteiger partial charge is 0.264 e. The third-order valence-corrected chi connectivity index (χ3v) is 4.60. The van der Waals surface area contributed by atoms with Crippen LogP contribution in [0.5, 0.6) is 17.2 Å². The Labute approximate surface area is 155 Å². The second-order valence-corrected chi connectivity index (χ2v) is 6.29. The van der Waals surface area contributed by atoms with Crippen LogP contribution >= 0.6 is 11.8 Å². The van der Waals surface area contributed by atoms with Gasteiger partial charge in [-0.1, -0.05) is 18.2 Å². The number of benzene rings is 2. The second kappa shape index (κ2) is 7.97. The van der Waals surface area contributed by atoms with E-state index in [9.17, 15) is 4.79 Å². The van der Waals surface area contributed by atoms with Crippen molar-refractivity contribution in [1.82, 2.24) is 5.32 Å². The summed E-state index contributed by atoms with van der Waals surface area (Å²) in [6.07, 6.45) is 1.78. The van der Waals surface area contributed by atoms with Crippen molar-refractivity contribution < 1.29 is 19.0 Å². The van der Waals surface area contributed by atoms with Gasteiger partial charge in [-0.3, -0.25) is 4.79 Å². The molecule has 26 heavy (non-hydrogen) atoms. The summed E-state index contributed by atoms with van der Waals surface area (Å²) in [6, 6.07) is 12.8. The van der Waals surface area contributed by atoms with Crippen molar-refractivity contribution in [3.05, 3.63) is 52.9 Å². The average molecular weight is 370 g/mol. The quantitative estimate of drug-likeness (QED) is 0.815. The Morgan fingerprint density at radius 3 is 2.50 bits per heavy atom. The number of hydrogen-bond acceptors (Lipinski definition) is 6. The van der Waals surface area contributed by atoms with E-state index in [0.29, 0.717) is 33.0 Å². The molecule has 0 aromatic heterocycles. The van der Waals surface area contributed by atoms with Crippen molar-refractivity contribution >= 4 is 34.6 Å². The first-order valence-electron chi connectivity index (χ1n) is 7.79. The normalized spacial score (nSPS) is 16.7. The van der Waals surface area contributed by atoms with Crippen LogP contribution in [0.25, 0.3) is 6.08 Å². The van der Waals surface area contributed by atoms with E-state index in [0.717, 1.165) is 5.56 Å². The van der Waals surface area contributed by atoms with Gasteiger partial charge in [-0.15, -0.1) is 0 Å². The lowest BCUT2D eigenvalue weighted by molar-refractivity contribution is -0.115. The molecule has 1 fully saturated rings. The number of hydrogen-bond donors (Lipinski definition) is 1. The summed E-state index contributed by atoms with van der Waals surface area (Å²) in [7, 11) is 4.75. The number of carbonyl (C=O) groups excluding carboxylic acids is 1. The summed E-state index contributed by atoms with van der Waals surface area (Å²) >= 11 is 1.26. The first-order chi connectivity index (χ1) is 12.6. The molecule has 1 N–H and O–H groups in total.